The zero-order valence-corrected chi connectivity index (χ0v) is 13.4. The molecule has 0 radical (unpaired) electrons. The van der Waals surface area contributed by atoms with E-state index in [1.807, 2.05) is 0 Å². The molecule has 0 heterocycles. The predicted octanol–water partition coefficient (Wildman–Crippen LogP) is 2.98. The number of benzene rings is 1. The number of aromatic carboxylic acids is 1. The average molecular weight is 303 g/mol. The molecule has 22 heavy (non-hydrogen) atoms. The van der Waals surface area contributed by atoms with E-state index in [9.17, 15) is 14.7 Å². The van der Waals surface area contributed by atoms with E-state index in [0.717, 1.165) is 19.3 Å². The second-order valence-corrected chi connectivity index (χ2v) is 5.72. The van der Waals surface area contributed by atoms with Crippen LogP contribution in [0.15, 0.2) is 35.9 Å². The van der Waals surface area contributed by atoms with Gasteiger partial charge < -0.3 is 14.6 Å². The molecule has 1 aromatic rings. The zero-order chi connectivity index (χ0) is 16.5. The third-order valence-electron chi connectivity index (χ3n) is 3.42. The van der Waals surface area contributed by atoms with Gasteiger partial charge in [0.15, 0.2) is 0 Å². The number of carbonyl (C=O) groups excluding carboxylic acids is 2. The van der Waals surface area contributed by atoms with Crippen LogP contribution in [0.4, 0.5) is 0 Å². The molecule has 0 aliphatic carbocycles. The second kappa shape index (κ2) is 9.03. The van der Waals surface area contributed by atoms with Crippen LogP contribution in [0, 0.1) is 5.92 Å². The molecule has 0 aliphatic rings. The predicted molar refractivity (Wildman–Crippen MR) is 83.5 cm³/mol. The van der Waals surface area contributed by atoms with Crippen molar-refractivity contribution in [3.8, 4) is 0 Å². The summed E-state index contributed by atoms with van der Waals surface area (Å²) in [6.45, 7) is 6.54. The summed E-state index contributed by atoms with van der Waals surface area (Å²) in [5.74, 6) is -1.54. The van der Waals surface area contributed by atoms with Gasteiger partial charge in [0.05, 0.1) is 18.1 Å². The first-order valence-electron chi connectivity index (χ1n) is 7.52. The van der Waals surface area contributed by atoms with Gasteiger partial charge in [0.1, 0.15) is 0 Å². The SMILES string of the molecule is CC(C)=CCCC(C)CCOC(=O)c1ccccc1C(=O)[O-]. The molecule has 0 saturated carbocycles. The molecule has 0 fully saturated rings. The largest absolute Gasteiger partial charge is 0.545 e. The topological polar surface area (TPSA) is 66.4 Å². The maximum absolute atomic E-state index is 11.9. The van der Waals surface area contributed by atoms with Crippen LogP contribution in [0.5, 0.6) is 0 Å². The molecule has 1 unspecified atom stereocenters. The van der Waals surface area contributed by atoms with Gasteiger partial charge >= 0.3 is 5.97 Å². The maximum atomic E-state index is 11.9. The van der Waals surface area contributed by atoms with Gasteiger partial charge in [-0.1, -0.05) is 36.8 Å². The van der Waals surface area contributed by atoms with E-state index in [0.29, 0.717) is 5.92 Å². The Morgan fingerprint density at radius 1 is 1.18 bits per heavy atom. The van der Waals surface area contributed by atoms with Crippen LogP contribution in [0.2, 0.25) is 0 Å². The van der Waals surface area contributed by atoms with Gasteiger partial charge in [0.2, 0.25) is 0 Å². The molecule has 0 aliphatic heterocycles. The Labute approximate surface area is 131 Å². The number of ether oxygens (including phenoxy) is 1. The van der Waals surface area contributed by atoms with Gasteiger partial charge in [-0.3, -0.25) is 0 Å². The molecule has 0 N–H and O–H groups in total. The number of hydrogen-bond donors (Lipinski definition) is 0. The van der Waals surface area contributed by atoms with Crippen molar-refractivity contribution in [1.29, 1.82) is 0 Å². The smallest absolute Gasteiger partial charge is 0.338 e. The summed E-state index contributed by atoms with van der Waals surface area (Å²) >= 11 is 0. The highest BCUT2D eigenvalue weighted by Crippen LogP contribution is 2.14. The summed E-state index contributed by atoms with van der Waals surface area (Å²) in [5, 5.41) is 11.0. The van der Waals surface area contributed by atoms with Gasteiger partial charge in [-0.2, -0.15) is 0 Å². The normalized spacial score (nSPS) is 11.6. The monoisotopic (exact) mass is 303 g/mol. The molecule has 0 bridgehead atoms. The van der Waals surface area contributed by atoms with Gasteiger partial charge in [0, 0.05) is 5.56 Å². The van der Waals surface area contributed by atoms with Crippen molar-refractivity contribution in [3.05, 3.63) is 47.0 Å². The number of carbonyl (C=O) groups is 2. The van der Waals surface area contributed by atoms with E-state index in [1.165, 1.54) is 17.7 Å². The minimum absolute atomic E-state index is 0.0414. The quantitative estimate of drug-likeness (QED) is 0.547. The molecule has 0 aromatic heterocycles. The Kier molecular flexibility index (Phi) is 7.37. The molecule has 1 atom stereocenters. The highest BCUT2D eigenvalue weighted by molar-refractivity contribution is 6.01. The van der Waals surface area contributed by atoms with Crippen LogP contribution >= 0.6 is 0 Å². The van der Waals surface area contributed by atoms with Crippen molar-refractivity contribution < 1.29 is 19.4 Å². The van der Waals surface area contributed by atoms with Crippen LogP contribution in [-0.4, -0.2) is 18.5 Å². The molecule has 1 aromatic carbocycles. The van der Waals surface area contributed by atoms with Crippen LogP contribution in [0.1, 0.15) is 60.7 Å². The molecule has 4 nitrogen and oxygen atoms in total. The minimum atomic E-state index is -1.37. The molecule has 0 saturated heterocycles. The van der Waals surface area contributed by atoms with E-state index >= 15 is 0 Å². The first-order chi connectivity index (χ1) is 10.4. The summed E-state index contributed by atoms with van der Waals surface area (Å²) in [5.41, 5.74) is 1.21. The van der Waals surface area contributed by atoms with Crippen LogP contribution in [0.3, 0.4) is 0 Å². The lowest BCUT2D eigenvalue weighted by Crippen LogP contribution is -2.25. The molecule has 4 heteroatoms. The van der Waals surface area contributed by atoms with Crippen LogP contribution in [-0.2, 0) is 4.74 Å². The number of carboxylic acid groups (broad SMARTS) is 1. The minimum Gasteiger partial charge on any atom is -0.545 e. The standard InChI is InChI=1S/C18H24O4/c1-13(2)7-6-8-14(3)11-12-22-18(21)16-10-5-4-9-15(16)17(19)20/h4-5,7,9-10,14H,6,8,11-12H2,1-3H3,(H,19,20)/p-1. The number of esters is 1. The molecule has 0 spiro atoms. The summed E-state index contributed by atoms with van der Waals surface area (Å²) in [4.78, 5) is 22.9. The first kappa shape index (κ1) is 18.0. The fraction of sp³-hybridized carbons (Fsp3) is 0.444. The molecular weight excluding hydrogens is 280 g/mol. The zero-order valence-electron chi connectivity index (χ0n) is 13.4. The number of carboxylic acids is 1. The van der Waals surface area contributed by atoms with Crippen LogP contribution < -0.4 is 5.11 Å². The highest BCUT2D eigenvalue weighted by atomic mass is 16.5. The summed E-state index contributed by atoms with van der Waals surface area (Å²) < 4.78 is 5.17. The molecule has 0 amide bonds. The Morgan fingerprint density at radius 2 is 1.82 bits per heavy atom. The third-order valence-corrected chi connectivity index (χ3v) is 3.42. The third kappa shape index (κ3) is 6.12. The van der Waals surface area contributed by atoms with Crippen molar-refractivity contribution in [2.75, 3.05) is 6.61 Å². The summed E-state index contributed by atoms with van der Waals surface area (Å²) in [6, 6.07) is 5.93. The molecule has 1 rings (SSSR count). The molecular formula is C18H23O4-. The van der Waals surface area contributed by atoms with Gasteiger partial charge in [-0.25, -0.2) is 4.79 Å². The lowest BCUT2D eigenvalue weighted by molar-refractivity contribution is -0.255. The summed E-state index contributed by atoms with van der Waals surface area (Å²) in [7, 11) is 0. The average Bonchev–Trinajstić information content (AvgIpc) is 2.46. The fourth-order valence-corrected chi connectivity index (χ4v) is 2.07. The van der Waals surface area contributed by atoms with E-state index in [2.05, 4.69) is 26.8 Å². The van der Waals surface area contributed by atoms with Gasteiger partial charge in [-0.05, 0) is 45.1 Å². The van der Waals surface area contributed by atoms with Gasteiger partial charge in [0.25, 0.3) is 0 Å². The second-order valence-electron chi connectivity index (χ2n) is 5.72. The number of allylic oxidation sites excluding steroid dienone is 2. The summed E-state index contributed by atoms with van der Waals surface area (Å²) in [6.07, 6.45) is 5.01. The number of rotatable bonds is 8. The Hall–Kier alpha value is -2.10. The fourth-order valence-electron chi connectivity index (χ4n) is 2.07. The first-order valence-corrected chi connectivity index (χ1v) is 7.52. The van der Waals surface area contributed by atoms with Gasteiger partial charge in [-0.15, -0.1) is 0 Å². The lowest BCUT2D eigenvalue weighted by Gasteiger charge is -2.12. The van der Waals surface area contributed by atoms with E-state index < -0.39 is 11.9 Å². The highest BCUT2D eigenvalue weighted by Gasteiger charge is 2.13. The number of hydrogen-bond acceptors (Lipinski definition) is 4. The van der Waals surface area contributed by atoms with Crippen molar-refractivity contribution in [2.45, 2.75) is 40.0 Å². The van der Waals surface area contributed by atoms with E-state index in [4.69, 9.17) is 4.74 Å². The lowest BCUT2D eigenvalue weighted by atomic mass is 10.0. The van der Waals surface area contributed by atoms with Crippen molar-refractivity contribution in [1.82, 2.24) is 0 Å². The Balaban J connectivity index is 2.44. The van der Waals surface area contributed by atoms with E-state index in [-0.39, 0.29) is 17.7 Å². The Morgan fingerprint density at radius 3 is 2.41 bits per heavy atom. The van der Waals surface area contributed by atoms with Crippen molar-refractivity contribution in [2.24, 2.45) is 5.92 Å². The van der Waals surface area contributed by atoms with Crippen molar-refractivity contribution >= 4 is 11.9 Å². The molecule has 120 valence electrons. The Bertz CT molecular complexity index is 542. The van der Waals surface area contributed by atoms with Crippen molar-refractivity contribution in [3.63, 3.8) is 0 Å². The van der Waals surface area contributed by atoms with Crippen LogP contribution in [0.25, 0.3) is 0 Å². The maximum Gasteiger partial charge on any atom is 0.338 e. The van der Waals surface area contributed by atoms with E-state index in [1.54, 1.807) is 12.1 Å².